The summed E-state index contributed by atoms with van der Waals surface area (Å²) >= 11 is 0.521. The Labute approximate surface area is 298 Å². The number of H-pyrrole nitrogens is 1. The summed E-state index contributed by atoms with van der Waals surface area (Å²) in [5, 5.41) is 8.86. The number of nitrogen functional groups attached to an aromatic ring is 1. The lowest BCUT2D eigenvalue weighted by Crippen LogP contribution is -2.38. The highest BCUT2D eigenvalue weighted by molar-refractivity contribution is 8.54. The molecule has 6 heterocycles. The molecule has 5 N–H and O–H groups in total. The lowest BCUT2D eigenvalue weighted by atomic mass is 10.1. The molecule has 3 saturated heterocycles. The highest BCUT2D eigenvalue weighted by Crippen LogP contribution is 2.65. The predicted molar refractivity (Wildman–Crippen MR) is 174 cm³/mol. The van der Waals surface area contributed by atoms with E-state index in [9.17, 15) is 28.4 Å². The first-order valence-corrected chi connectivity index (χ1v) is 19.9. The standard InChI is InChI=1S/C27H27F2N7O14P2S/c28-17-15-8-45-52(43,53-9-12-1-3-13(4-2-12)46-27(39)40)50-21-18(29)14(47-24(21)35-6-5-16(37)34-26(35)38)7-44-51(41,42)49-20(17)25(48-15)36-11-33-19-22(30)31-10-32-23(19)36/h1-6,10-11,14-15,17-18,20-21,24-25H,7-9H2,(H,39,40)(H,41,42)(H2,30,31,32)(H,34,37,38)/t14-,15-,17-,18-,20-,21-,24-,25-,52?/m1/s1. The first-order valence-electron chi connectivity index (χ1n) is 15.3. The summed E-state index contributed by atoms with van der Waals surface area (Å²) < 4.78 is 100. The molecule has 3 aliphatic heterocycles. The Kier molecular flexibility index (Phi) is 10.3. The van der Waals surface area contributed by atoms with Gasteiger partial charge in [-0.05, 0) is 29.1 Å². The number of nitrogens with one attached hydrogen (secondary N) is 1. The molecule has 0 amide bonds. The lowest BCUT2D eigenvalue weighted by molar-refractivity contribution is -0.0648. The highest BCUT2D eigenvalue weighted by Gasteiger charge is 2.55. The van der Waals surface area contributed by atoms with Crippen LogP contribution in [-0.2, 0) is 42.5 Å². The van der Waals surface area contributed by atoms with E-state index in [4.69, 9.17) is 38.4 Å². The number of benzene rings is 1. The van der Waals surface area contributed by atoms with Crippen LogP contribution in [0.2, 0.25) is 0 Å². The molecule has 284 valence electrons. The monoisotopic (exact) mass is 805 g/mol. The molecule has 21 nitrogen and oxygen atoms in total. The van der Waals surface area contributed by atoms with Crippen molar-refractivity contribution in [3.05, 3.63) is 75.6 Å². The smallest absolute Gasteiger partial charge is 0.449 e. The number of aromatic amines is 1. The number of alkyl halides is 2. The molecule has 2 unspecified atom stereocenters. The SMILES string of the molecule is Nc1ncnc2c1ncn2[C@@H]1O[C@@H]2COP(=O)(SCc3ccc(OC(=O)O)cc3)O[C@@H]3[C@H](F)[C@@H](COP(=O)(O)O[C@@H]1[C@@H]2F)O[C@H]3n1ccc(=O)[nH]c1=O. The Morgan fingerprint density at radius 3 is 2.32 bits per heavy atom. The van der Waals surface area contributed by atoms with Crippen molar-refractivity contribution in [3.63, 3.8) is 0 Å². The molecule has 3 fully saturated rings. The van der Waals surface area contributed by atoms with Gasteiger partial charge in [-0.2, -0.15) is 0 Å². The van der Waals surface area contributed by atoms with E-state index in [1.54, 1.807) is 0 Å². The van der Waals surface area contributed by atoms with Crippen molar-refractivity contribution in [1.29, 1.82) is 0 Å². The van der Waals surface area contributed by atoms with Gasteiger partial charge in [0.15, 0.2) is 36.3 Å². The number of carbonyl (C=O) groups is 1. The fourth-order valence-electron chi connectivity index (χ4n) is 5.69. The third kappa shape index (κ3) is 7.78. The van der Waals surface area contributed by atoms with E-state index < -0.39 is 94.5 Å². The quantitative estimate of drug-likeness (QED) is 0.124. The van der Waals surface area contributed by atoms with Crippen LogP contribution in [0.3, 0.4) is 0 Å². The number of ether oxygens (including phenoxy) is 3. The molecule has 0 spiro atoms. The molecule has 1 aromatic carbocycles. The fourth-order valence-corrected chi connectivity index (χ4v) is 9.96. The van der Waals surface area contributed by atoms with Crippen LogP contribution in [0.4, 0.5) is 19.4 Å². The van der Waals surface area contributed by atoms with Crippen LogP contribution in [-0.4, -0.2) is 95.2 Å². The molecule has 10 atom stereocenters. The predicted octanol–water partition coefficient (Wildman–Crippen LogP) is 2.45. The van der Waals surface area contributed by atoms with Crippen molar-refractivity contribution in [2.45, 2.75) is 55.0 Å². The van der Waals surface area contributed by atoms with E-state index in [1.165, 1.54) is 28.8 Å². The Morgan fingerprint density at radius 2 is 1.64 bits per heavy atom. The van der Waals surface area contributed by atoms with Crippen molar-refractivity contribution in [1.82, 2.24) is 29.1 Å². The van der Waals surface area contributed by atoms with Crippen LogP contribution >= 0.6 is 26.0 Å². The highest BCUT2D eigenvalue weighted by atomic mass is 32.7. The number of aromatic nitrogens is 6. The first kappa shape index (κ1) is 37.2. The number of nitrogens with two attached hydrogens (primary N) is 1. The van der Waals surface area contributed by atoms with Crippen molar-refractivity contribution < 1.29 is 65.0 Å². The van der Waals surface area contributed by atoms with E-state index in [2.05, 4.69) is 19.7 Å². The van der Waals surface area contributed by atoms with Gasteiger partial charge in [0.05, 0.1) is 19.5 Å². The zero-order valence-electron chi connectivity index (χ0n) is 26.5. The van der Waals surface area contributed by atoms with Crippen LogP contribution in [0, 0.1) is 0 Å². The lowest BCUT2D eigenvalue weighted by Gasteiger charge is -2.27. The molecule has 0 aliphatic carbocycles. The van der Waals surface area contributed by atoms with Gasteiger partial charge in [-0.1, -0.05) is 12.1 Å². The number of rotatable bonds is 6. The number of phosphoric ester groups is 1. The minimum atomic E-state index is -5.26. The van der Waals surface area contributed by atoms with E-state index >= 15 is 8.78 Å². The maximum atomic E-state index is 16.2. The molecule has 26 heteroatoms. The summed E-state index contributed by atoms with van der Waals surface area (Å²) in [5.41, 5.74) is 4.58. The summed E-state index contributed by atoms with van der Waals surface area (Å²) in [5.74, 6) is -0.215. The van der Waals surface area contributed by atoms with Gasteiger partial charge in [0.1, 0.15) is 42.0 Å². The van der Waals surface area contributed by atoms with E-state index in [-0.39, 0.29) is 28.5 Å². The second-order valence-electron chi connectivity index (χ2n) is 11.6. The second-order valence-corrected chi connectivity index (χ2v) is 17.0. The zero-order valence-corrected chi connectivity index (χ0v) is 29.1. The van der Waals surface area contributed by atoms with Gasteiger partial charge in [-0.3, -0.25) is 37.0 Å². The molecule has 3 aromatic heterocycles. The topological polar surface area (TPSA) is 281 Å². The molecule has 7 rings (SSSR count). The molecule has 53 heavy (non-hydrogen) atoms. The van der Waals surface area contributed by atoms with Gasteiger partial charge in [-0.25, -0.2) is 42.5 Å². The Morgan fingerprint density at radius 1 is 0.981 bits per heavy atom. The molecule has 3 aliphatic rings. The number of anilines is 1. The van der Waals surface area contributed by atoms with Gasteiger partial charge in [0.25, 0.3) is 5.56 Å². The summed E-state index contributed by atoms with van der Waals surface area (Å²) in [4.78, 5) is 60.1. The van der Waals surface area contributed by atoms with Gasteiger partial charge in [0, 0.05) is 18.0 Å². The molecule has 0 radical (unpaired) electrons. The fraction of sp³-hybridized carbons (Fsp3) is 0.407. The Bertz CT molecular complexity index is 2230. The van der Waals surface area contributed by atoms with Gasteiger partial charge in [0.2, 0.25) is 0 Å². The second kappa shape index (κ2) is 14.6. The van der Waals surface area contributed by atoms with Crippen LogP contribution < -0.4 is 21.7 Å². The number of imidazole rings is 1. The summed E-state index contributed by atoms with van der Waals surface area (Å²) in [6.07, 6.45) is -13.6. The normalized spacial score (nSPS) is 33.4. The molecular formula is C27H27F2N7O14P2S. The van der Waals surface area contributed by atoms with Crippen LogP contribution in [0.1, 0.15) is 18.0 Å². The Balaban J connectivity index is 1.23. The number of hydrogen-bond acceptors (Lipinski definition) is 17. The van der Waals surface area contributed by atoms with E-state index in [0.717, 1.165) is 29.5 Å². The molecular weight excluding hydrogens is 778 g/mol. The number of nitrogens with zero attached hydrogens (tertiary/aromatic N) is 5. The van der Waals surface area contributed by atoms with Crippen molar-refractivity contribution in [2.24, 2.45) is 0 Å². The summed E-state index contributed by atoms with van der Waals surface area (Å²) in [6, 6.07) is 6.45. The number of phosphoric acid groups is 1. The zero-order chi connectivity index (χ0) is 37.7. The largest absolute Gasteiger partial charge is 0.511 e. The van der Waals surface area contributed by atoms with E-state index in [1.807, 2.05) is 4.98 Å². The maximum Gasteiger partial charge on any atom is 0.511 e. The average Bonchev–Trinajstić information content (AvgIpc) is 3.76. The van der Waals surface area contributed by atoms with Crippen LogP contribution in [0.5, 0.6) is 5.75 Å². The Hall–Kier alpha value is -4.09. The van der Waals surface area contributed by atoms with Gasteiger partial charge < -0.3 is 29.9 Å². The first-order chi connectivity index (χ1) is 25.2. The van der Waals surface area contributed by atoms with Crippen molar-refractivity contribution in [2.75, 3.05) is 18.9 Å². The summed E-state index contributed by atoms with van der Waals surface area (Å²) in [7, 11) is -5.26. The third-order valence-electron chi connectivity index (χ3n) is 8.14. The van der Waals surface area contributed by atoms with Gasteiger partial charge in [-0.15, -0.1) is 0 Å². The molecule has 0 saturated carbocycles. The minimum absolute atomic E-state index is 0.0138. The average molecular weight is 806 g/mol. The number of fused-ring (bicyclic) bond motifs is 5. The number of hydrogen-bond donors (Lipinski definition) is 4. The number of halogens is 2. The molecule has 4 aromatic rings. The van der Waals surface area contributed by atoms with Gasteiger partial charge >= 0.3 is 26.5 Å². The minimum Gasteiger partial charge on any atom is -0.449 e. The molecule has 4 bridgehead atoms. The van der Waals surface area contributed by atoms with Crippen molar-refractivity contribution in [3.8, 4) is 5.75 Å². The maximum absolute atomic E-state index is 16.2. The third-order valence-corrected chi connectivity index (χ3v) is 12.8. The summed E-state index contributed by atoms with van der Waals surface area (Å²) in [6.45, 7) is -6.57. The number of carboxylic acid groups (broad SMARTS) is 1. The van der Waals surface area contributed by atoms with Crippen molar-refractivity contribution >= 4 is 49.1 Å². The van der Waals surface area contributed by atoms with Crippen LogP contribution in [0.15, 0.2) is 58.8 Å². The van der Waals surface area contributed by atoms with Crippen LogP contribution in [0.25, 0.3) is 11.2 Å². The van der Waals surface area contributed by atoms with E-state index in [0.29, 0.717) is 16.9 Å².